The maximum atomic E-state index is 12.1. The fourth-order valence-electron chi connectivity index (χ4n) is 1.71. The van der Waals surface area contributed by atoms with Crippen LogP contribution in [-0.2, 0) is 11.2 Å². The molecule has 1 aromatic heterocycles. The van der Waals surface area contributed by atoms with E-state index in [1.54, 1.807) is 0 Å². The summed E-state index contributed by atoms with van der Waals surface area (Å²) in [5.74, 6) is -1.68. The lowest BCUT2D eigenvalue weighted by molar-refractivity contribution is -0.191. The molecule has 0 N–H and O–H groups in total. The molecule has 1 aliphatic rings. The zero-order valence-electron chi connectivity index (χ0n) is 8.99. The highest BCUT2D eigenvalue weighted by molar-refractivity contribution is 7.11. The highest BCUT2D eigenvalue weighted by Gasteiger charge is 2.46. The summed E-state index contributed by atoms with van der Waals surface area (Å²) in [5, 5.41) is 9.38. The van der Waals surface area contributed by atoms with Crippen molar-refractivity contribution >= 4 is 17.2 Å². The summed E-state index contributed by atoms with van der Waals surface area (Å²) in [4.78, 5) is 11.6. The van der Waals surface area contributed by atoms with Crippen molar-refractivity contribution in [2.75, 3.05) is 13.1 Å². The van der Waals surface area contributed by atoms with Gasteiger partial charge in [0.05, 0.1) is 0 Å². The Morgan fingerprint density at radius 2 is 2.12 bits per heavy atom. The van der Waals surface area contributed by atoms with Crippen molar-refractivity contribution in [2.24, 2.45) is 5.92 Å². The molecule has 2 heterocycles. The zero-order chi connectivity index (χ0) is 12.6. The van der Waals surface area contributed by atoms with E-state index >= 15 is 0 Å². The van der Waals surface area contributed by atoms with Crippen molar-refractivity contribution in [3.05, 3.63) is 10.0 Å². The van der Waals surface area contributed by atoms with E-state index in [1.165, 1.54) is 11.3 Å². The van der Waals surface area contributed by atoms with Gasteiger partial charge in [0.25, 0.3) is 0 Å². The second kappa shape index (κ2) is 4.25. The van der Waals surface area contributed by atoms with Crippen molar-refractivity contribution in [2.45, 2.75) is 19.5 Å². The van der Waals surface area contributed by atoms with Gasteiger partial charge in [0.2, 0.25) is 0 Å². The molecule has 94 valence electrons. The number of aryl methyl sites for hydroxylation is 1. The van der Waals surface area contributed by atoms with E-state index in [0.717, 1.165) is 14.9 Å². The van der Waals surface area contributed by atoms with Crippen molar-refractivity contribution in [1.29, 1.82) is 0 Å². The van der Waals surface area contributed by atoms with Gasteiger partial charge in [-0.15, -0.1) is 21.5 Å². The number of likely N-dealkylation sites (tertiary alicyclic amines) is 1. The minimum absolute atomic E-state index is 0.0636. The summed E-state index contributed by atoms with van der Waals surface area (Å²) in [6.45, 7) is 2.12. The number of rotatable bonds is 2. The molecule has 2 rings (SSSR count). The summed E-state index contributed by atoms with van der Waals surface area (Å²) < 4.78 is 36.2. The Kier molecular flexibility index (Phi) is 3.07. The van der Waals surface area contributed by atoms with E-state index in [9.17, 15) is 18.0 Å². The molecular weight excluding hydrogens is 255 g/mol. The molecule has 1 amide bonds. The molecule has 0 unspecified atom stereocenters. The van der Waals surface area contributed by atoms with E-state index in [2.05, 4.69) is 10.2 Å². The Balaban J connectivity index is 1.82. The number of hydrogen-bond acceptors (Lipinski definition) is 4. The number of aromatic nitrogens is 2. The summed E-state index contributed by atoms with van der Waals surface area (Å²) in [5.41, 5.74) is 0. The largest absolute Gasteiger partial charge is 0.471 e. The third-order valence-electron chi connectivity index (χ3n) is 2.52. The molecule has 1 aromatic rings. The molecule has 0 spiro atoms. The molecule has 0 bridgehead atoms. The standard InChI is InChI=1S/C9H10F3N3OS/c1-5-13-14-7(17-5)2-6-3-15(4-6)8(16)9(10,11)12/h6H,2-4H2,1H3. The van der Waals surface area contributed by atoms with Gasteiger partial charge in [0, 0.05) is 25.4 Å². The lowest BCUT2D eigenvalue weighted by atomic mass is 9.96. The lowest BCUT2D eigenvalue weighted by Crippen LogP contribution is -2.54. The van der Waals surface area contributed by atoms with E-state index in [-0.39, 0.29) is 19.0 Å². The van der Waals surface area contributed by atoms with Crippen LogP contribution in [0.2, 0.25) is 0 Å². The van der Waals surface area contributed by atoms with Gasteiger partial charge in [0.15, 0.2) is 0 Å². The summed E-state index contributed by atoms with van der Waals surface area (Å²) in [7, 11) is 0. The summed E-state index contributed by atoms with van der Waals surface area (Å²) in [6.07, 6.45) is -4.17. The molecule has 8 heteroatoms. The predicted molar refractivity (Wildman–Crippen MR) is 54.5 cm³/mol. The molecule has 0 aliphatic carbocycles. The fourth-order valence-corrected chi connectivity index (χ4v) is 2.53. The van der Waals surface area contributed by atoms with Crippen molar-refractivity contribution in [3.8, 4) is 0 Å². The van der Waals surface area contributed by atoms with Gasteiger partial charge >= 0.3 is 12.1 Å². The Bertz CT molecular complexity index is 425. The number of amides is 1. The Labute approximate surface area is 99.4 Å². The molecule has 1 fully saturated rings. The second-order valence-electron chi connectivity index (χ2n) is 3.99. The molecule has 1 saturated heterocycles. The SMILES string of the molecule is Cc1nnc(CC2CN(C(=O)C(F)(F)F)C2)s1. The van der Waals surface area contributed by atoms with Gasteiger partial charge in [-0.1, -0.05) is 0 Å². The molecule has 0 aromatic carbocycles. The average molecular weight is 265 g/mol. The maximum absolute atomic E-state index is 12.1. The van der Waals surface area contributed by atoms with Crippen LogP contribution in [0.25, 0.3) is 0 Å². The fraction of sp³-hybridized carbons (Fsp3) is 0.667. The van der Waals surface area contributed by atoms with Crippen molar-refractivity contribution in [3.63, 3.8) is 0 Å². The van der Waals surface area contributed by atoms with Crippen LogP contribution in [0, 0.1) is 12.8 Å². The first-order valence-corrected chi connectivity index (χ1v) is 5.83. The molecule has 4 nitrogen and oxygen atoms in total. The molecule has 0 atom stereocenters. The molecule has 17 heavy (non-hydrogen) atoms. The predicted octanol–water partition coefficient (Wildman–Crippen LogP) is 1.41. The number of hydrogen-bond donors (Lipinski definition) is 0. The van der Waals surface area contributed by atoms with Crippen LogP contribution in [0.5, 0.6) is 0 Å². The number of halogens is 3. The van der Waals surface area contributed by atoms with Gasteiger partial charge < -0.3 is 4.90 Å². The molecule has 0 radical (unpaired) electrons. The number of nitrogens with zero attached hydrogens (tertiary/aromatic N) is 3. The minimum Gasteiger partial charge on any atom is -0.334 e. The Morgan fingerprint density at radius 3 is 2.59 bits per heavy atom. The topological polar surface area (TPSA) is 46.1 Å². The van der Waals surface area contributed by atoms with Crippen LogP contribution in [0.4, 0.5) is 13.2 Å². The van der Waals surface area contributed by atoms with Crippen molar-refractivity contribution < 1.29 is 18.0 Å². The van der Waals surface area contributed by atoms with E-state index in [4.69, 9.17) is 0 Å². The van der Waals surface area contributed by atoms with Crippen LogP contribution >= 0.6 is 11.3 Å². The molecule has 1 aliphatic heterocycles. The second-order valence-corrected chi connectivity index (χ2v) is 5.26. The van der Waals surface area contributed by atoms with Crippen LogP contribution < -0.4 is 0 Å². The van der Waals surface area contributed by atoms with Crippen LogP contribution in [0.15, 0.2) is 0 Å². The van der Waals surface area contributed by atoms with Gasteiger partial charge in [-0.25, -0.2) is 0 Å². The normalized spacial score (nSPS) is 17.1. The lowest BCUT2D eigenvalue weighted by Gasteiger charge is -2.39. The number of carbonyl (C=O) groups excluding carboxylic acids is 1. The van der Waals surface area contributed by atoms with Crippen LogP contribution in [0.1, 0.15) is 10.0 Å². The quantitative estimate of drug-likeness (QED) is 0.812. The van der Waals surface area contributed by atoms with Crippen LogP contribution in [0.3, 0.4) is 0 Å². The number of alkyl halides is 3. The van der Waals surface area contributed by atoms with Gasteiger partial charge in [-0.05, 0) is 6.92 Å². The van der Waals surface area contributed by atoms with E-state index in [0.29, 0.717) is 6.42 Å². The van der Waals surface area contributed by atoms with Crippen molar-refractivity contribution in [1.82, 2.24) is 15.1 Å². The Morgan fingerprint density at radius 1 is 1.47 bits per heavy atom. The highest BCUT2D eigenvalue weighted by atomic mass is 32.1. The van der Waals surface area contributed by atoms with E-state index in [1.807, 2.05) is 6.92 Å². The summed E-state index contributed by atoms with van der Waals surface area (Å²) >= 11 is 1.43. The third kappa shape index (κ3) is 2.74. The van der Waals surface area contributed by atoms with Gasteiger partial charge in [-0.3, -0.25) is 4.79 Å². The average Bonchev–Trinajstić information content (AvgIpc) is 2.54. The smallest absolute Gasteiger partial charge is 0.334 e. The third-order valence-corrected chi connectivity index (χ3v) is 3.38. The molecule has 0 saturated carbocycles. The summed E-state index contributed by atoms with van der Waals surface area (Å²) in [6, 6.07) is 0. The minimum atomic E-state index is -4.76. The first-order chi connectivity index (χ1) is 7.86. The highest BCUT2D eigenvalue weighted by Crippen LogP contribution is 2.27. The maximum Gasteiger partial charge on any atom is 0.471 e. The first-order valence-electron chi connectivity index (χ1n) is 5.01. The molecular formula is C9H10F3N3OS. The van der Waals surface area contributed by atoms with E-state index < -0.39 is 12.1 Å². The zero-order valence-corrected chi connectivity index (χ0v) is 9.81. The number of carbonyl (C=O) groups is 1. The van der Waals surface area contributed by atoms with Gasteiger partial charge in [-0.2, -0.15) is 13.2 Å². The Hall–Kier alpha value is -1.18. The van der Waals surface area contributed by atoms with Crippen LogP contribution in [-0.4, -0.2) is 40.3 Å². The first kappa shape index (κ1) is 12.3. The monoisotopic (exact) mass is 265 g/mol. The van der Waals surface area contributed by atoms with Gasteiger partial charge in [0.1, 0.15) is 10.0 Å².